The lowest BCUT2D eigenvalue weighted by molar-refractivity contribution is -0.0488. The topological polar surface area (TPSA) is 37.1 Å². The molecular formula is C9H6F10N3P3. The van der Waals surface area contributed by atoms with Gasteiger partial charge in [0.25, 0.3) is 7.52 Å². The Morgan fingerprint density at radius 2 is 1.16 bits per heavy atom. The molecule has 3 unspecified atom stereocenters. The van der Waals surface area contributed by atoms with E-state index in [1.165, 1.54) is 0 Å². The Hall–Kier alpha value is -0.790. The summed E-state index contributed by atoms with van der Waals surface area (Å²) in [4.78, 5) is 0. The summed E-state index contributed by atoms with van der Waals surface area (Å²) in [5.41, 5.74) is -0.325. The van der Waals surface area contributed by atoms with E-state index in [2.05, 4.69) is 9.03 Å². The molecule has 0 fully saturated rings. The minimum absolute atomic E-state index is 0.325. The summed E-state index contributed by atoms with van der Waals surface area (Å²) < 4.78 is 138. The number of benzene rings is 1. The van der Waals surface area contributed by atoms with Crippen LogP contribution in [0.4, 0.5) is 43.3 Å². The molecule has 0 saturated heterocycles. The molecule has 16 heteroatoms. The van der Waals surface area contributed by atoms with E-state index in [0.29, 0.717) is 0 Å². The Kier molecular flexibility index (Phi) is 5.03. The van der Waals surface area contributed by atoms with Gasteiger partial charge in [0, 0.05) is 0 Å². The fourth-order valence-corrected chi connectivity index (χ4v) is 10.0. The van der Waals surface area contributed by atoms with Crippen LogP contribution >= 0.6 is 22.5 Å². The Balaban J connectivity index is 2.71. The number of nitrogens with zero attached hydrogens (tertiary/aromatic N) is 3. The van der Waals surface area contributed by atoms with Crippen molar-refractivity contribution in [3.8, 4) is 0 Å². The van der Waals surface area contributed by atoms with Gasteiger partial charge in [-0.05, 0) is 17.7 Å². The van der Waals surface area contributed by atoms with Gasteiger partial charge < -0.3 is 0 Å². The molecule has 3 atom stereocenters. The van der Waals surface area contributed by atoms with Crippen molar-refractivity contribution < 1.29 is 43.3 Å². The predicted molar refractivity (Wildman–Crippen MR) is 73.6 cm³/mol. The van der Waals surface area contributed by atoms with Gasteiger partial charge in [0.15, 0.2) is 0 Å². The number of alkyl halides is 6. The molecule has 0 radical (unpaired) electrons. The molecule has 0 N–H and O–H groups in total. The number of rotatable bonds is 2. The second-order valence-corrected chi connectivity index (χ2v) is 11.5. The summed E-state index contributed by atoms with van der Waals surface area (Å²) in [5.74, 6) is -13.0. The maximum atomic E-state index is 14.6. The van der Waals surface area contributed by atoms with Crippen molar-refractivity contribution in [3.63, 3.8) is 0 Å². The van der Waals surface area contributed by atoms with Gasteiger partial charge in [0.1, 0.15) is 5.82 Å². The highest BCUT2D eigenvalue weighted by molar-refractivity contribution is 7.82. The molecular weight excluding hydrogens is 433 g/mol. The second kappa shape index (κ2) is 6.13. The van der Waals surface area contributed by atoms with E-state index in [1.54, 1.807) is 4.52 Å². The fourth-order valence-electron chi connectivity index (χ4n) is 1.66. The van der Waals surface area contributed by atoms with Crippen molar-refractivity contribution in [2.45, 2.75) is 18.0 Å². The van der Waals surface area contributed by atoms with Gasteiger partial charge in [-0.25, -0.2) is 4.39 Å². The normalized spacial score (nSPS) is 33.2. The van der Waals surface area contributed by atoms with Gasteiger partial charge in [0.05, 0.1) is 6.16 Å². The predicted octanol–water partition coefficient (Wildman–Crippen LogP) is 8.38. The monoisotopic (exact) mass is 439 g/mol. The first-order valence-corrected chi connectivity index (χ1v) is 10.9. The zero-order valence-electron chi connectivity index (χ0n) is 11.5. The smallest absolute Gasteiger partial charge is 0.207 e. The standard InChI is InChI=1S/C9H6F10N3P3/c10-7-3-1-6(2-4-7)5-23(17)20-24(18,8(11,12)13)22-25(19,21-23)9(14,15)16/h1-4H,5H2. The maximum Gasteiger partial charge on any atom is 0.472 e. The van der Waals surface area contributed by atoms with E-state index in [4.69, 9.17) is 0 Å². The average molecular weight is 439 g/mol. The van der Waals surface area contributed by atoms with Crippen LogP contribution in [0.15, 0.2) is 37.8 Å². The van der Waals surface area contributed by atoms with Crippen LogP contribution in [0, 0.1) is 5.82 Å². The number of hydrogen-bond donors (Lipinski definition) is 0. The van der Waals surface area contributed by atoms with Gasteiger partial charge in [-0.3, -0.25) is 0 Å². The molecule has 2 rings (SSSR count). The van der Waals surface area contributed by atoms with Crippen LogP contribution in [-0.2, 0) is 6.16 Å². The molecule has 1 aliphatic rings. The molecule has 25 heavy (non-hydrogen) atoms. The van der Waals surface area contributed by atoms with E-state index in [1.807, 2.05) is 0 Å². The maximum absolute atomic E-state index is 14.6. The van der Waals surface area contributed by atoms with Gasteiger partial charge in [-0.1, -0.05) is 12.1 Å². The second-order valence-electron chi connectivity index (χ2n) is 4.68. The first kappa shape index (κ1) is 20.5. The lowest BCUT2D eigenvalue weighted by Crippen LogP contribution is -2.10. The van der Waals surface area contributed by atoms with Gasteiger partial charge in [-0.15, -0.1) is 0 Å². The van der Waals surface area contributed by atoms with Crippen molar-refractivity contribution in [3.05, 3.63) is 35.6 Å². The Bertz CT molecular complexity index is 818. The van der Waals surface area contributed by atoms with Crippen LogP contribution in [0.1, 0.15) is 5.56 Å². The zero-order chi connectivity index (χ0) is 19.3. The summed E-state index contributed by atoms with van der Waals surface area (Å²) in [5, 5.41) is 0. The van der Waals surface area contributed by atoms with E-state index >= 15 is 0 Å². The molecule has 0 amide bonds. The van der Waals surface area contributed by atoms with Crippen molar-refractivity contribution in [1.82, 2.24) is 0 Å². The Morgan fingerprint density at radius 1 is 0.720 bits per heavy atom. The SMILES string of the molecule is Fc1ccc(CP2(F)=NP(F)(C(F)(F)F)=NP(F)(C(F)(F)F)=N2)cc1. The molecule has 142 valence electrons. The first-order valence-electron chi connectivity index (χ1n) is 5.97. The highest BCUT2D eigenvalue weighted by Crippen LogP contribution is 2.87. The zero-order valence-corrected chi connectivity index (χ0v) is 14.2. The van der Waals surface area contributed by atoms with Crippen molar-refractivity contribution in [1.29, 1.82) is 0 Å². The molecule has 1 aromatic rings. The third-order valence-electron chi connectivity index (χ3n) is 2.69. The van der Waals surface area contributed by atoms with Crippen LogP contribution in [0.2, 0.25) is 0 Å². The van der Waals surface area contributed by atoms with Crippen LogP contribution in [0.25, 0.3) is 0 Å². The van der Waals surface area contributed by atoms with Crippen LogP contribution in [-0.4, -0.2) is 11.8 Å². The van der Waals surface area contributed by atoms with Crippen molar-refractivity contribution in [2.75, 3.05) is 0 Å². The largest absolute Gasteiger partial charge is 0.472 e. The van der Waals surface area contributed by atoms with Crippen LogP contribution in [0.3, 0.4) is 0 Å². The summed E-state index contributed by atoms with van der Waals surface area (Å²) in [6.45, 7) is 0. The minimum atomic E-state index is -6.82. The molecule has 0 spiro atoms. The molecule has 0 saturated carbocycles. The van der Waals surface area contributed by atoms with E-state index < -0.39 is 46.4 Å². The Labute approximate surface area is 134 Å². The summed E-state index contributed by atoms with van der Waals surface area (Å²) >= 11 is 0. The molecule has 0 bridgehead atoms. The molecule has 3 nitrogen and oxygen atoms in total. The third kappa shape index (κ3) is 4.14. The highest BCUT2D eigenvalue weighted by atomic mass is 31.3. The van der Waals surface area contributed by atoms with Gasteiger partial charge in [0.2, 0.25) is 0 Å². The third-order valence-corrected chi connectivity index (χ3v) is 10.7. The molecule has 1 heterocycles. The van der Waals surface area contributed by atoms with E-state index in [0.717, 1.165) is 24.3 Å². The van der Waals surface area contributed by atoms with E-state index in [9.17, 15) is 43.3 Å². The highest BCUT2D eigenvalue weighted by Gasteiger charge is 2.61. The van der Waals surface area contributed by atoms with Gasteiger partial charge >= 0.3 is 26.9 Å². The molecule has 0 aromatic heterocycles. The van der Waals surface area contributed by atoms with Crippen molar-refractivity contribution in [2.24, 2.45) is 13.5 Å². The lowest BCUT2D eigenvalue weighted by Gasteiger charge is -2.26. The summed E-state index contributed by atoms with van der Waals surface area (Å²) in [7, 11) is -19.2. The van der Waals surface area contributed by atoms with E-state index in [-0.39, 0.29) is 5.56 Å². The van der Waals surface area contributed by atoms with Crippen LogP contribution < -0.4 is 0 Å². The van der Waals surface area contributed by atoms with Crippen LogP contribution in [0.5, 0.6) is 0 Å². The van der Waals surface area contributed by atoms with Crippen molar-refractivity contribution >= 4 is 22.5 Å². The number of halogens is 10. The van der Waals surface area contributed by atoms with Gasteiger partial charge in [-0.2, -0.15) is 52.5 Å². The quantitative estimate of drug-likeness (QED) is 0.328. The average Bonchev–Trinajstić information content (AvgIpc) is 2.37. The molecule has 1 aromatic carbocycles. The summed E-state index contributed by atoms with van der Waals surface area (Å²) in [6.07, 6.45) is -1.34. The first-order chi connectivity index (χ1) is 11.1. The minimum Gasteiger partial charge on any atom is -0.207 e. The lowest BCUT2D eigenvalue weighted by atomic mass is 10.2. The molecule has 1 aliphatic heterocycles. The fraction of sp³-hybridized carbons (Fsp3) is 0.333. The number of hydrogen-bond acceptors (Lipinski definition) is 3. The summed E-state index contributed by atoms with van der Waals surface area (Å²) in [6, 6.07) is 3.12. The molecule has 0 aliphatic carbocycles. The Morgan fingerprint density at radius 3 is 1.60 bits per heavy atom.